The van der Waals surface area contributed by atoms with E-state index < -0.39 is 35.7 Å². The Hall–Kier alpha value is -2.97. The Morgan fingerprint density at radius 2 is 1.66 bits per heavy atom. The second-order valence-corrected chi connectivity index (χ2v) is 6.90. The van der Waals surface area contributed by atoms with Crippen LogP contribution in [0.5, 0.6) is 0 Å². The van der Waals surface area contributed by atoms with Crippen molar-refractivity contribution in [2.24, 2.45) is 0 Å². The Labute approximate surface area is 169 Å². The van der Waals surface area contributed by atoms with Crippen LogP contribution in [0.25, 0.3) is 0 Å². The lowest BCUT2D eigenvalue weighted by molar-refractivity contribution is -0.142. The molecule has 1 aromatic carbocycles. The van der Waals surface area contributed by atoms with Gasteiger partial charge in [0.15, 0.2) is 0 Å². The van der Waals surface area contributed by atoms with Gasteiger partial charge in [-0.3, -0.25) is 19.3 Å². The quantitative estimate of drug-likeness (QED) is 0.659. The summed E-state index contributed by atoms with van der Waals surface area (Å²) in [6.45, 7) is 5.85. The number of benzene rings is 1. The van der Waals surface area contributed by atoms with E-state index in [0.717, 1.165) is 4.90 Å². The van der Waals surface area contributed by atoms with Gasteiger partial charge >= 0.3 is 6.03 Å². The van der Waals surface area contributed by atoms with Gasteiger partial charge in [0, 0.05) is 20.1 Å². The minimum absolute atomic E-state index is 0.138. The van der Waals surface area contributed by atoms with Crippen molar-refractivity contribution in [1.29, 1.82) is 0 Å². The zero-order chi connectivity index (χ0) is 21.8. The summed E-state index contributed by atoms with van der Waals surface area (Å²) in [4.78, 5) is 53.9. The maximum atomic E-state index is 13.3. The molecule has 1 aromatic rings. The van der Waals surface area contributed by atoms with Crippen LogP contribution < -0.4 is 5.32 Å². The monoisotopic (exact) mass is 406 g/mol. The summed E-state index contributed by atoms with van der Waals surface area (Å²) >= 11 is 0. The molecule has 0 unspecified atom stereocenters. The summed E-state index contributed by atoms with van der Waals surface area (Å²) in [5, 5.41) is 2.64. The van der Waals surface area contributed by atoms with Crippen LogP contribution in [0.15, 0.2) is 24.3 Å². The minimum Gasteiger partial charge on any atom is -0.342 e. The van der Waals surface area contributed by atoms with Crippen LogP contribution in [0.2, 0.25) is 0 Å². The van der Waals surface area contributed by atoms with Crippen molar-refractivity contribution in [1.82, 2.24) is 20.0 Å². The molecule has 9 heteroatoms. The number of nitrogens with one attached hydrogen (secondary N) is 1. The highest BCUT2D eigenvalue weighted by molar-refractivity contribution is 6.09. The first-order valence-corrected chi connectivity index (χ1v) is 9.62. The molecular formula is C20H27FN4O4. The van der Waals surface area contributed by atoms with E-state index in [1.165, 1.54) is 36.2 Å². The molecule has 0 radical (unpaired) electrons. The van der Waals surface area contributed by atoms with Crippen LogP contribution in [0.3, 0.4) is 0 Å². The first-order valence-electron chi connectivity index (χ1n) is 9.62. The first kappa shape index (κ1) is 22.3. The van der Waals surface area contributed by atoms with E-state index in [0.29, 0.717) is 18.7 Å². The smallest absolute Gasteiger partial charge is 0.325 e. The van der Waals surface area contributed by atoms with Crippen molar-refractivity contribution < 1.29 is 23.6 Å². The van der Waals surface area contributed by atoms with Gasteiger partial charge < -0.3 is 15.1 Å². The molecule has 0 aromatic heterocycles. The number of carbonyl (C=O) groups is 4. The normalized spacial score (nSPS) is 18.6. The summed E-state index contributed by atoms with van der Waals surface area (Å²) in [5.74, 6) is -1.77. The van der Waals surface area contributed by atoms with Crippen molar-refractivity contribution >= 4 is 23.8 Å². The van der Waals surface area contributed by atoms with E-state index in [4.69, 9.17) is 0 Å². The summed E-state index contributed by atoms with van der Waals surface area (Å²) in [7, 11) is 1.45. The van der Waals surface area contributed by atoms with Crippen molar-refractivity contribution in [3.05, 3.63) is 35.6 Å². The lowest BCUT2D eigenvalue weighted by Gasteiger charge is -2.26. The number of hydrogen-bond acceptors (Lipinski definition) is 4. The third-order valence-corrected chi connectivity index (χ3v) is 5.25. The van der Waals surface area contributed by atoms with Gasteiger partial charge in [0.2, 0.25) is 11.8 Å². The lowest BCUT2D eigenvalue weighted by Crippen LogP contribution is -2.47. The first-order chi connectivity index (χ1) is 13.7. The average Bonchev–Trinajstić information content (AvgIpc) is 2.94. The fraction of sp³-hybridized carbons (Fsp3) is 0.500. The molecule has 0 spiro atoms. The molecule has 0 saturated carbocycles. The molecule has 29 heavy (non-hydrogen) atoms. The van der Waals surface area contributed by atoms with E-state index in [1.54, 1.807) is 11.8 Å². The molecule has 1 saturated heterocycles. The van der Waals surface area contributed by atoms with E-state index >= 15 is 0 Å². The van der Waals surface area contributed by atoms with Crippen molar-refractivity contribution in [2.75, 3.05) is 33.2 Å². The van der Waals surface area contributed by atoms with Gasteiger partial charge in [-0.15, -0.1) is 0 Å². The Bertz CT molecular complexity index is 794. The minimum atomic E-state index is -1.35. The molecule has 1 atom stereocenters. The van der Waals surface area contributed by atoms with E-state index in [-0.39, 0.29) is 18.9 Å². The number of carbonyl (C=O) groups excluding carboxylic acids is 4. The maximum Gasteiger partial charge on any atom is 0.325 e. The molecule has 1 N–H and O–H groups in total. The zero-order valence-corrected chi connectivity index (χ0v) is 17.2. The predicted octanol–water partition coefficient (Wildman–Crippen LogP) is 1.31. The van der Waals surface area contributed by atoms with Gasteiger partial charge in [0.25, 0.3) is 5.91 Å². The number of imide groups is 1. The molecule has 158 valence electrons. The average molecular weight is 406 g/mol. The Morgan fingerprint density at radius 3 is 2.17 bits per heavy atom. The van der Waals surface area contributed by atoms with Crippen LogP contribution >= 0.6 is 0 Å². The van der Waals surface area contributed by atoms with Crippen LogP contribution in [-0.2, 0) is 19.9 Å². The van der Waals surface area contributed by atoms with Gasteiger partial charge in [-0.05, 0) is 38.0 Å². The SMILES string of the molecule is CCN(CC)C(=O)CN(C)C(=O)CN1C(=O)N[C@](CC)(c2ccc(F)cc2)C1=O. The van der Waals surface area contributed by atoms with E-state index in [1.807, 2.05) is 13.8 Å². The molecule has 2 rings (SSSR count). The largest absolute Gasteiger partial charge is 0.342 e. The summed E-state index contributed by atoms with van der Waals surface area (Å²) in [6.07, 6.45) is 0.240. The number of urea groups is 1. The van der Waals surface area contributed by atoms with E-state index in [9.17, 15) is 23.6 Å². The summed E-state index contributed by atoms with van der Waals surface area (Å²) < 4.78 is 13.3. The van der Waals surface area contributed by atoms with Gasteiger partial charge in [-0.25, -0.2) is 9.18 Å². The molecule has 8 nitrogen and oxygen atoms in total. The Kier molecular flexibility index (Phi) is 6.94. The van der Waals surface area contributed by atoms with E-state index in [2.05, 4.69) is 5.32 Å². The second kappa shape index (κ2) is 9.02. The van der Waals surface area contributed by atoms with Crippen molar-refractivity contribution in [2.45, 2.75) is 32.7 Å². The van der Waals surface area contributed by atoms with Crippen LogP contribution in [0.4, 0.5) is 9.18 Å². The standard InChI is InChI=1S/C20H27FN4O4/c1-5-20(14-8-10-15(21)11-9-14)18(28)25(19(29)22-20)13-16(26)23(4)12-17(27)24(6-2)7-3/h8-11H,5-7,12-13H2,1-4H3,(H,22,29)/t20-/m1/s1. The van der Waals surface area contributed by atoms with Gasteiger partial charge in [-0.1, -0.05) is 19.1 Å². The summed E-state index contributed by atoms with van der Waals surface area (Å²) in [6, 6.07) is 4.62. The topological polar surface area (TPSA) is 90.0 Å². The lowest BCUT2D eigenvalue weighted by atomic mass is 9.87. The Morgan fingerprint density at radius 1 is 1.07 bits per heavy atom. The Balaban J connectivity index is 2.14. The van der Waals surface area contributed by atoms with Gasteiger partial charge in [-0.2, -0.15) is 0 Å². The van der Waals surface area contributed by atoms with Crippen LogP contribution in [-0.4, -0.2) is 71.7 Å². The molecule has 0 bridgehead atoms. The van der Waals surface area contributed by atoms with Crippen molar-refractivity contribution in [3.63, 3.8) is 0 Å². The number of halogens is 1. The fourth-order valence-electron chi connectivity index (χ4n) is 3.37. The van der Waals surface area contributed by atoms with Crippen LogP contribution in [0, 0.1) is 5.82 Å². The zero-order valence-electron chi connectivity index (χ0n) is 17.2. The van der Waals surface area contributed by atoms with Gasteiger partial charge in [0.1, 0.15) is 17.9 Å². The molecule has 5 amide bonds. The number of nitrogens with zero attached hydrogens (tertiary/aromatic N) is 3. The number of rotatable bonds is 8. The second-order valence-electron chi connectivity index (χ2n) is 6.90. The van der Waals surface area contributed by atoms with Crippen molar-refractivity contribution in [3.8, 4) is 0 Å². The summed E-state index contributed by atoms with van der Waals surface area (Å²) in [5.41, 5.74) is -0.902. The molecule has 1 aliphatic rings. The maximum absolute atomic E-state index is 13.3. The third-order valence-electron chi connectivity index (χ3n) is 5.25. The number of amides is 5. The molecule has 0 aliphatic carbocycles. The third kappa shape index (κ3) is 4.38. The molecule has 1 heterocycles. The van der Waals surface area contributed by atoms with Gasteiger partial charge in [0.05, 0.1) is 6.54 Å². The highest BCUT2D eigenvalue weighted by Gasteiger charge is 2.51. The highest BCUT2D eigenvalue weighted by atomic mass is 19.1. The fourth-order valence-corrected chi connectivity index (χ4v) is 3.37. The van der Waals surface area contributed by atoms with Crippen LogP contribution in [0.1, 0.15) is 32.8 Å². The molecule has 1 fully saturated rings. The number of likely N-dealkylation sites (N-methyl/N-ethyl adjacent to an activating group) is 2. The highest BCUT2D eigenvalue weighted by Crippen LogP contribution is 2.32. The molecule has 1 aliphatic heterocycles. The predicted molar refractivity (Wildman–Crippen MR) is 104 cm³/mol. The molecular weight excluding hydrogens is 379 g/mol. The number of hydrogen-bond donors (Lipinski definition) is 1.